The number of hydrogen-bond acceptors (Lipinski definition) is 11. The summed E-state index contributed by atoms with van der Waals surface area (Å²) in [5.41, 5.74) is 4.93. The molecule has 1 aromatic heterocycles. The number of nitrogens with one attached hydrogen (secondary N) is 1. The molecule has 0 aliphatic rings. The number of nitrogens with zero attached hydrogens (tertiary/aromatic N) is 4. The minimum atomic E-state index is -3.69. The summed E-state index contributed by atoms with van der Waals surface area (Å²) in [5, 5.41) is 20.9. The first-order valence-corrected chi connectivity index (χ1v) is 20.2. The lowest BCUT2D eigenvalue weighted by atomic mass is 10.1. The van der Waals surface area contributed by atoms with E-state index < -0.39 is 45.3 Å². The van der Waals surface area contributed by atoms with E-state index in [-0.39, 0.29) is 23.7 Å². The van der Waals surface area contributed by atoms with Gasteiger partial charge in [0.2, 0.25) is 5.91 Å². The summed E-state index contributed by atoms with van der Waals surface area (Å²) in [6, 6.07) is 30.1. The lowest BCUT2D eigenvalue weighted by Crippen LogP contribution is -2.32. The first-order chi connectivity index (χ1) is 26.8. The van der Waals surface area contributed by atoms with Crippen LogP contribution in [0.1, 0.15) is 34.2 Å². The van der Waals surface area contributed by atoms with E-state index in [1.807, 2.05) is 47.4 Å². The summed E-state index contributed by atoms with van der Waals surface area (Å²) in [5.74, 6) is -1.52. The van der Waals surface area contributed by atoms with Crippen molar-refractivity contribution in [2.24, 2.45) is 0 Å². The zero-order chi connectivity index (χ0) is 40.2. The number of aliphatic carboxylic acids is 1. The minimum Gasteiger partial charge on any atom is -0.755 e. The highest BCUT2D eigenvalue weighted by molar-refractivity contribution is 7.92. The molecule has 290 valence electrons. The average molecular weight is 797 g/mol. The van der Waals surface area contributed by atoms with Crippen LogP contribution in [-0.4, -0.2) is 57.9 Å². The molecule has 0 bridgehead atoms. The van der Waals surface area contributed by atoms with Crippen LogP contribution in [0.15, 0.2) is 109 Å². The van der Waals surface area contributed by atoms with Crippen molar-refractivity contribution < 1.29 is 41.3 Å². The normalized spacial score (nSPS) is 11.5. The van der Waals surface area contributed by atoms with Crippen molar-refractivity contribution in [2.45, 2.75) is 32.9 Å². The summed E-state index contributed by atoms with van der Waals surface area (Å²) in [7, 11) is -3.69. The van der Waals surface area contributed by atoms with Gasteiger partial charge in [-0.1, -0.05) is 36.4 Å². The molecule has 5 rings (SSSR count). The third kappa shape index (κ3) is 11.9. The molecule has 2 N–H and O–H groups in total. The third-order valence-corrected chi connectivity index (χ3v) is 9.89. The van der Waals surface area contributed by atoms with E-state index in [0.29, 0.717) is 47.8 Å². The predicted octanol–water partition coefficient (Wildman–Crippen LogP) is 5.90. The first-order valence-electron chi connectivity index (χ1n) is 17.1. The van der Waals surface area contributed by atoms with E-state index in [1.54, 1.807) is 73.9 Å². The van der Waals surface area contributed by atoms with Gasteiger partial charge in [-0.3, -0.25) is 23.1 Å². The van der Waals surface area contributed by atoms with Crippen molar-refractivity contribution in [1.29, 1.82) is 5.26 Å². The summed E-state index contributed by atoms with van der Waals surface area (Å²) in [4.78, 5) is 29.5. The summed E-state index contributed by atoms with van der Waals surface area (Å²) in [6.07, 6.45) is 4.18. The Labute approximate surface area is 327 Å². The van der Waals surface area contributed by atoms with Crippen molar-refractivity contribution >= 4 is 50.0 Å². The topological polar surface area (TPSA) is 202 Å². The molecule has 1 heterocycles. The van der Waals surface area contributed by atoms with Gasteiger partial charge in [0, 0.05) is 61.2 Å². The largest absolute Gasteiger partial charge is 0.755 e. The predicted molar refractivity (Wildman–Crippen MR) is 211 cm³/mol. The smallest absolute Gasteiger partial charge is 0.312 e. The number of aromatic nitrogens is 1. The Bertz CT molecular complexity index is 2340. The fraction of sp³-hybridized carbons (Fsp3) is 0.200. The number of amides is 1. The molecule has 0 saturated heterocycles. The Morgan fingerprint density at radius 3 is 2.20 bits per heavy atom. The van der Waals surface area contributed by atoms with Crippen LogP contribution < -0.4 is 24.0 Å². The number of benzene rings is 4. The Hall–Kier alpha value is -6.28. The molecular formula is C40H38N5O9S2-. The molecule has 0 saturated carbocycles. The lowest BCUT2D eigenvalue weighted by Gasteiger charge is -2.31. The maximum absolute atomic E-state index is 12.3. The van der Waals surface area contributed by atoms with Crippen LogP contribution in [-0.2, 0) is 50.2 Å². The first kappa shape index (κ1) is 40.9. The van der Waals surface area contributed by atoms with Crippen LogP contribution in [0.5, 0.6) is 17.2 Å². The van der Waals surface area contributed by atoms with E-state index >= 15 is 0 Å². The van der Waals surface area contributed by atoms with Gasteiger partial charge in [0.25, 0.3) is 0 Å². The van der Waals surface area contributed by atoms with Gasteiger partial charge in [-0.05, 0) is 83.8 Å². The summed E-state index contributed by atoms with van der Waals surface area (Å²) in [6.45, 7) is 2.71. The Balaban J connectivity index is 1.38. The van der Waals surface area contributed by atoms with Gasteiger partial charge >= 0.3 is 5.97 Å². The molecule has 1 amide bonds. The maximum Gasteiger partial charge on any atom is 0.312 e. The number of rotatable bonds is 18. The third-order valence-electron chi connectivity index (χ3n) is 8.32. The number of hydrogen-bond donors (Lipinski definition) is 2. The number of sulfone groups is 1. The average Bonchev–Trinajstić information content (AvgIpc) is 3.15. The Kier molecular flexibility index (Phi) is 13.8. The second-order valence-electron chi connectivity index (χ2n) is 12.7. The summed E-state index contributed by atoms with van der Waals surface area (Å²) < 4.78 is 61.6. The molecule has 4 aromatic carbocycles. The molecule has 1 atom stereocenters. The van der Waals surface area contributed by atoms with E-state index in [9.17, 15) is 32.0 Å². The van der Waals surface area contributed by atoms with Crippen LogP contribution in [0.3, 0.4) is 0 Å². The van der Waals surface area contributed by atoms with Gasteiger partial charge in [-0.15, -0.1) is 0 Å². The number of anilines is 3. The van der Waals surface area contributed by atoms with Crippen LogP contribution >= 0.6 is 0 Å². The second-order valence-corrected chi connectivity index (χ2v) is 15.7. The monoisotopic (exact) mass is 796 g/mol. The fourth-order valence-electron chi connectivity index (χ4n) is 5.73. The Morgan fingerprint density at radius 2 is 1.59 bits per heavy atom. The number of carbonyl (C=O) groups excluding carboxylic acids is 1. The van der Waals surface area contributed by atoms with E-state index in [1.165, 1.54) is 0 Å². The lowest BCUT2D eigenvalue weighted by molar-refractivity contribution is -0.139. The number of pyridine rings is 1. The molecule has 0 aliphatic carbocycles. The molecule has 5 aromatic rings. The molecular weight excluding hydrogens is 759 g/mol. The standard InChI is InChI=1S/C40H39N5O9S2/c1-28-36(6-3-7-37(28)45(55(49)50)27-56(2,51)52)44(25-31-10-8-29(23-41)9-11-31)26-32-12-14-33(15-13-32)54-34-16-17-35(43-39(46)22-40(47)48)38(21-34)53-20-18-30-5-4-19-42-24-30/h3-17,19,21,24H,18,20,22,25-27H2,1-2H3,(H,43,46)(H,47,48)(H,49,50)/p-1. The molecule has 0 fully saturated rings. The van der Waals surface area contributed by atoms with Crippen LogP contribution in [0.25, 0.3) is 0 Å². The van der Waals surface area contributed by atoms with Crippen molar-refractivity contribution in [3.63, 3.8) is 0 Å². The molecule has 1 unspecified atom stereocenters. The van der Waals surface area contributed by atoms with E-state index in [4.69, 9.17) is 14.6 Å². The molecule has 0 spiro atoms. The zero-order valence-electron chi connectivity index (χ0n) is 30.5. The van der Waals surface area contributed by atoms with Gasteiger partial charge < -0.3 is 29.3 Å². The number of carboxylic acids is 1. The highest BCUT2D eigenvalue weighted by Gasteiger charge is 2.20. The van der Waals surface area contributed by atoms with Crippen LogP contribution in [0, 0.1) is 18.3 Å². The number of carboxylic acid groups (broad SMARTS) is 1. The fourth-order valence-corrected chi connectivity index (χ4v) is 7.57. The van der Waals surface area contributed by atoms with Gasteiger partial charge in [0.15, 0.2) is 9.84 Å². The quantitative estimate of drug-likeness (QED) is 0.0787. The van der Waals surface area contributed by atoms with Crippen molar-refractivity contribution in [3.8, 4) is 23.3 Å². The highest BCUT2D eigenvalue weighted by Crippen LogP contribution is 2.35. The van der Waals surface area contributed by atoms with Crippen molar-refractivity contribution in [3.05, 3.63) is 137 Å². The van der Waals surface area contributed by atoms with E-state index in [0.717, 1.165) is 27.3 Å². The number of ether oxygens (including phenoxy) is 2. The van der Waals surface area contributed by atoms with Gasteiger partial charge in [-0.25, -0.2) is 8.42 Å². The van der Waals surface area contributed by atoms with Crippen LogP contribution in [0.4, 0.5) is 17.1 Å². The molecule has 56 heavy (non-hydrogen) atoms. The Morgan fingerprint density at radius 1 is 0.929 bits per heavy atom. The molecule has 16 heteroatoms. The van der Waals surface area contributed by atoms with Crippen molar-refractivity contribution in [2.75, 3.05) is 33.3 Å². The number of carbonyl (C=O) groups is 2. The number of nitriles is 1. The highest BCUT2D eigenvalue weighted by atomic mass is 32.2. The SMILES string of the molecule is Cc1c(N(Cc2ccc(C#N)cc2)Cc2ccc(Oc3ccc(NC(=O)CC(=O)O)c(OCCc4cccnc4)c3)cc2)cccc1N(CS(C)(=O)=O)S(=O)[O-]. The van der Waals surface area contributed by atoms with Crippen molar-refractivity contribution in [1.82, 2.24) is 4.98 Å². The second kappa shape index (κ2) is 18.8. The van der Waals surface area contributed by atoms with Gasteiger partial charge in [0.1, 0.15) is 29.5 Å². The maximum atomic E-state index is 12.3. The minimum absolute atomic E-state index is 0.225. The van der Waals surface area contributed by atoms with E-state index in [2.05, 4.69) is 16.4 Å². The van der Waals surface area contributed by atoms with Crippen LogP contribution in [0.2, 0.25) is 0 Å². The van der Waals surface area contributed by atoms with Gasteiger partial charge in [0.05, 0.1) is 29.6 Å². The zero-order valence-corrected chi connectivity index (χ0v) is 32.1. The molecule has 14 nitrogen and oxygen atoms in total. The molecule has 0 aliphatic heterocycles. The summed E-state index contributed by atoms with van der Waals surface area (Å²) >= 11 is -2.86. The molecule has 0 radical (unpaired) electrons. The van der Waals surface area contributed by atoms with Gasteiger partial charge in [-0.2, -0.15) is 5.26 Å².